The number of ether oxygens (including phenoxy) is 1. The van der Waals surface area contributed by atoms with E-state index in [0.717, 1.165) is 41.9 Å². The second-order valence-corrected chi connectivity index (χ2v) is 5.83. The van der Waals surface area contributed by atoms with Crippen LogP contribution < -0.4 is 4.74 Å². The van der Waals surface area contributed by atoms with Crippen LogP contribution in [0, 0.1) is 20.8 Å². The van der Waals surface area contributed by atoms with E-state index in [9.17, 15) is 4.79 Å². The fraction of sp³-hybridized carbons (Fsp3) is 0.350. The minimum Gasteiger partial charge on any atom is -0.494 e. The lowest BCUT2D eigenvalue weighted by atomic mass is 9.93. The van der Waals surface area contributed by atoms with Crippen LogP contribution in [0.3, 0.4) is 0 Å². The van der Waals surface area contributed by atoms with E-state index in [4.69, 9.17) is 4.74 Å². The van der Waals surface area contributed by atoms with Crippen LogP contribution in [-0.4, -0.2) is 12.4 Å². The van der Waals surface area contributed by atoms with E-state index < -0.39 is 0 Å². The van der Waals surface area contributed by atoms with Gasteiger partial charge in [0, 0.05) is 11.1 Å². The topological polar surface area (TPSA) is 26.3 Å². The van der Waals surface area contributed by atoms with Gasteiger partial charge in [-0.25, -0.2) is 0 Å². The molecular weight excluding hydrogens is 272 g/mol. The Morgan fingerprint density at radius 1 is 1.00 bits per heavy atom. The number of rotatable bonds is 6. The molecule has 0 spiro atoms. The van der Waals surface area contributed by atoms with Crippen molar-refractivity contribution in [1.82, 2.24) is 0 Å². The van der Waals surface area contributed by atoms with E-state index >= 15 is 0 Å². The molecule has 0 bridgehead atoms. The smallest absolute Gasteiger partial charge is 0.193 e. The van der Waals surface area contributed by atoms with Crippen molar-refractivity contribution in [2.45, 2.75) is 40.5 Å². The first kappa shape index (κ1) is 16.3. The van der Waals surface area contributed by atoms with Crippen LogP contribution >= 0.6 is 0 Å². The summed E-state index contributed by atoms with van der Waals surface area (Å²) in [5.74, 6) is 0.900. The molecule has 2 heteroatoms. The Bertz CT molecular complexity index is 631. The molecule has 0 amide bonds. The maximum Gasteiger partial charge on any atom is 0.193 e. The molecular formula is C20H24O2. The highest BCUT2D eigenvalue weighted by atomic mass is 16.5. The van der Waals surface area contributed by atoms with Crippen LogP contribution in [0.25, 0.3) is 0 Å². The van der Waals surface area contributed by atoms with E-state index in [1.165, 1.54) is 5.56 Å². The molecule has 0 radical (unpaired) electrons. The van der Waals surface area contributed by atoms with Crippen molar-refractivity contribution < 1.29 is 9.53 Å². The number of aryl methyl sites for hydroxylation is 3. The number of hydrogen-bond acceptors (Lipinski definition) is 2. The van der Waals surface area contributed by atoms with Crippen LogP contribution in [0.2, 0.25) is 0 Å². The Kier molecular flexibility index (Phi) is 5.37. The third kappa shape index (κ3) is 3.76. The Labute approximate surface area is 133 Å². The van der Waals surface area contributed by atoms with Crippen molar-refractivity contribution in [2.24, 2.45) is 0 Å². The average molecular weight is 296 g/mol. The number of carbonyl (C=O) groups is 1. The number of hydrogen-bond donors (Lipinski definition) is 0. The minimum atomic E-state index is 0.0788. The molecule has 0 heterocycles. The summed E-state index contributed by atoms with van der Waals surface area (Å²) in [6, 6.07) is 11.6. The SMILES string of the molecule is CCCCOc1ccc(C(=O)c2c(C)cc(C)cc2C)cc1. The van der Waals surface area contributed by atoms with E-state index in [1.807, 2.05) is 38.1 Å². The Hall–Kier alpha value is -2.09. The van der Waals surface area contributed by atoms with E-state index in [-0.39, 0.29) is 5.78 Å². The van der Waals surface area contributed by atoms with Crippen LogP contribution in [0.5, 0.6) is 5.75 Å². The number of benzene rings is 2. The van der Waals surface area contributed by atoms with Crippen LogP contribution in [0.15, 0.2) is 36.4 Å². The van der Waals surface area contributed by atoms with Crippen molar-refractivity contribution in [1.29, 1.82) is 0 Å². The maximum atomic E-state index is 12.7. The predicted octanol–water partition coefficient (Wildman–Crippen LogP) is 5.02. The van der Waals surface area contributed by atoms with Crippen molar-refractivity contribution in [2.75, 3.05) is 6.61 Å². The number of unbranched alkanes of at least 4 members (excludes halogenated alkanes) is 1. The first-order chi connectivity index (χ1) is 10.5. The predicted molar refractivity (Wildman–Crippen MR) is 90.9 cm³/mol. The molecule has 0 aromatic heterocycles. The Morgan fingerprint density at radius 3 is 2.14 bits per heavy atom. The lowest BCUT2D eigenvalue weighted by Gasteiger charge is -2.11. The van der Waals surface area contributed by atoms with Crippen molar-refractivity contribution in [3.63, 3.8) is 0 Å². The Morgan fingerprint density at radius 2 is 1.59 bits per heavy atom. The molecule has 0 atom stereocenters. The van der Waals surface area contributed by atoms with Gasteiger partial charge in [0.1, 0.15) is 5.75 Å². The quantitative estimate of drug-likeness (QED) is 0.552. The second kappa shape index (κ2) is 7.26. The van der Waals surface area contributed by atoms with Gasteiger partial charge < -0.3 is 4.74 Å². The largest absolute Gasteiger partial charge is 0.494 e. The molecule has 116 valence electrons. The molecule has 0 N–H and O–H groups in total. The van der Waals surface area contributed by atoms with Gasteiger partial charge in [0.05, 0.1) is 6.61 Å². The van der Waals surface area contributed by atoms with Crippen LogP contribution in [0.1, 0.15) is 52.4 Å². The first-order valence-corrected chi connectivity index (χ1v) is 7.88. The lowest BCUT2D eigenvalue weighted by molar-refractivity contribution is 0.103. The molecule has 0 aliphatic heterocycles. The summed E-state index contributed by atoms with van der Waals surface area (Å²) < 4.78 is 5.64. The number of carbonyl (C=O) groups excluding carboxylic acids is 1. The monoisotopic (exact) mass is 296 g/mol. The minimum absolute atomic E-state index is 0.0788. The molecule has 2 rings (SSSR count). The number of ketones is 1. The third-order valence-corrected chi connectivity index (χ3v) is 3.79. The Balaban J connectivity index is 2.20. The van der Waals surface area contributed by atoms with E-state index in [1.54, 1.807) is 0 Å². The van der Waals surface area contributed by atoms with Gasteiger partial charge >= 0.3 is 0 Å². The van der Waals surface area contributed by atoms with Crippen LogP contribution in [0.4, 0.5) is 0 Å². The second-order valence-electron chi connectivity index (χ2n) is 5.83. The van der Waals surface area contributed by atoms with Gasteiger partial charge in [-0.05, 0) is 62.6 Å². The van der Waals surface area contributed by atoms with Crippen molar-refractivity contribution >= 4 is 5.78 Å². The summed E-state index contributed by atoms with van der Waals surface area (Å²) in [7, 11) is 0. The summed E-state index contributed by atoms with van der Waals surface area (Å²) in [5.41, 5.74) is 4.77. The van der Waals surface area contributed by atoms with Gasteiger partial charge in [-0.15, -0.1) is 0 Å². The zero-order valence-corrected chi connectivity index (χ0v) is 13.9. The van der Waals surface area contributed by atoms with Crippen LogP contribution in [-0.2, 0) is 0 Å². The van der Waals surface area contributed by atoms with Crippen molar-refractivity contribution in [3.05, 3.63) is 64.2 Å². The summed E-state index contributed by atoms with van der Waals surface area (Å²) in [5, 5.41) is 0. The standard InChI is InChI=1S/C20H24O2/c1-5-6-11-22-18-9-7-17(8-10-18)20(21)19-15(3)12-14(2)13-16(19)4/h7-10,12-13H,5-6,11H2,1-4H3. The molecule has 22 heavy (non-hydrogen) atoms. The highest BCUT2D eigenvalue weighted by Crippen LogP contribution is 2.21. The first-order valence-electron chi connectivity index (χ1n) is 7.88. The van der Waals surface area contributed by atoms with Gasteiger partial charge in [-0.1, -0.05) is 31.0 Å². The maximum absolute atomic E-state index is 12.7. The van der Waals surface area contributed by atoms with Gasteiger partial charge in [-0.2, -0.15) is 0 Å². The summed E-state index contributed by atoms with van der Waals surface area (Å²) >= 11 is 0. The average Bonchev–Trinajstić information content (AvgIpc) is 2.47. The molecule has 0 saturated heterocycles. The van der Waals surface area contributed by atoms with E-state index in [0.29, 0.717) is 5.56 Å². The van der Waals surface area contributed by atoms with Gasteiger partial charge in [0.2, 0.25) is 0 Å². The normalized spacial score (nSPS) is 10.5. The summed E-state index contributed by atoms with van der Waals surface area (Å²) in [6.45, 7) is 8.90. The summed E-state index contributed by atoms with van der Waals surface area (Å²) in [6.07, 6.45) is 2.16. The third-order valence-electron chi connectivity index (χ3n) is 3.79. The van der Waals surface area contributed by atoms with E-state index in [2.05, 4.69) is 26.0 Å². The molecule has 0 unspecified atom stereocenters. The fourth-order valence-electron chi connectivity index (χ4n) is 2.72. The summed E-state index contributed by atoms with van der Waals surface area (Å²) in [4.78, 5) is 12.7. The zero-order valence-electron chi connectivity index (χ0n) is 13.9. The van der Waals surface area contributed by atoms with Gasteiger partial charge in [0.15, 0.2) is 5.78 Å². The molecule has 0 saturated carbocycles. The molecule has 0 aliphatic rings. The molecule has 2 nitrogen and oxygen atoms in total. The highest BCUT2D eigenvalue weighted by molar-refractivity contribution is 6.10. The van der Waals surface area contributed by atoms with Crippen molar-refractivity contribution in [3.8, 4) is 5.75 Å². The van der Waals surface area contributed by atoms with Gasteiger partial charge in [0.25, 0.3) is 0 Å². The fourth-order valence-corrected chi connectivity index (χ4v) is 2.72. The zero-order chi connectivity index (χ0) is 16.1. The lowest BCUT2D eigenvalue weighted by Crippen LogP contribution is -2.07. The van der Waals surface area contributed by atoms with Gasteiger partial charge in [-0.3, -0.25) is 4.79 Å². The molecule has 2 aromatic carbocycles. The molecule has 0 aliphatic carbocycles. The molecule has 0 fully saturated rings. The molecule has 2 aromatic rings. The highest BCUT2D eigenvalue weighted by Gasteiger charge is 2.15.